The smallest absolute Gasteiger partial charge is 0.138 e. The van der Waals surface area contributed by atoms with Gasteiger partial charge in [0.25, 0.3) is 0 Å². The molecule has 1 aromatic carbocycles. The molecule has 0 aliphatic heterocycles. The van der Waals surface area contributed by atoms with E-state index in [-0.39, 0.29) is 6.04 Å². The number of rotatable bonds is 5. The molecule has 0 aliphatic carbocycles. The van der Waals surface area contributed by atoms with Crippen LogP contribution in [0.5, 0.6) is 0 Å². The van der Waals surface area contributed by atoms with Crippen LogP contribution in [0.4, 0.5) is 5.69 Å². The van der Waals surface area contributed by atoms with Gasteiger partial charge in [-0.05, 0) is 31.5 Å². The van der Waals surface area contributed by atoms with Crippen molar-refractivity contribution < 1.29 is 0 Å². The van der Waals surface area contributed by atoms with Crippen molar-refractivity contribution in [2.45, 2.75) is 32.4 Å². The fraction of sp³-hybridized carbons (Fsp3) is 0.467. The van der Waals surface area contributed by atoms with Crippen LogP contribution in [0.2, 0.25) is 0 Å². The van der Waals surface area contributed by atoms with Gasteiger partial charge in [0, 0.05) is 38.3 Å². The lowest BCUT2D eigenvalue weighted by atomic mass is 10.0. The van der Waals surface area contributed by atoms with Crippen molar-refractivity contribution in [3.05, 3.63) is 42.0 Å². The van der Waals surface area contributed by atoms with E-state index in [4.69, 9.17) is 5.73 Å². The van der Waals surface area contributed by atoms with Gasteiger partial charge in [0.05, 0.1) is 0 Å². The van der Waals surface area contributed by atoms with Crippen molar-refractivity contribution in [2.75, 3.05) is 19.0 Å². The number of aromatic nitrogens is 3. The molecule has 0 fully saturated rings. The zero-order valence-electron chi connectivity index (χ0n) is 12.6. The highest BCUT2D eigenvalue weighted by atomic mass is 15.3. The Morgan fingerprint density at radius 1 is 1.20 bits per heavy atom. The Morgan fingerprint density at radius 3 is 2.40 bits per heavy atom. The Hall–Kier alpha value is -1.88. The standard InChI is InChI=1S/C15H23N5/c1-11(2)20-15(17-10-18-20)9-14(16)12-5-7-13(8-6-12)19(3)4/h5-8,10-11,14H,9,16H2,1-4H3. The van der Waals surface area contributed by atoms with E-state index >= 15 is 0 Å². The fourth-order valence-corrected chi connectivity index (χ4v) is 2.19. The number of nitrogens with zero attached hydrogens (tertiary/aromatic N) is 4. The second-order valence-electron chi connectivity index (χ2n) is 5.51. The Kier molecular flexibility index (Phi) is 4.39. The molecule has 0 spiro atoms. The minimum absolute atomic E-state index is 0.0621. The number of anilines is 1. The van der Waals surface area contributed by atoms with Crippen LogP contribution in [-0.4, -0.2) is 28.9 Å². The molecule has 2 rings (SSSR count). The molecule has 108 valence electrons. The lowest BCUT2D eigenvalue weighted by Crippen LogP contribution is -2.18. The van der Waals surface area contributed by atoms with Gasteiger partial charge in [-0.2, -0.15) is 5.10 Å². The van der Waals surface area contributed by atoms with Crippen molar-refractivity contribution >= 4 is 5.69 Å². The second kappa shape index (κ2) is 6.05. The van der Waals surface area contributed by atoms with Crippen molar-refractivity contribution in [3.8, 4) is 0 Å². The van der Waals surface area contributed by atoms with Crippen molar-refractivity contribution in [1.82, 2.24) is 14.8 Å². The first-order valence-electron chi connectivity index (χ1n) is 6.90. The number of hydrogen-bond acceptors (Lipinski definition) is 4. The van der Waals surface area contributed by atoms with E-state index in [0.717, 1.165) is 11.4 Å². The van der Waals surface area contributed by atoms with Crippen molar-refractivity contribution in [3.63, 3.8) is 0 Å². The predicted octanol–water partition coefficient (Wildman–Crippen LogP) is 2.17. The van der Waals surface area contributed by atoms with Crippen molar-refractivity contribution in [1.29, 1.82) is 0 Å². The molecule has 0 amide bonds. The van der Waals surface area contributed by atoms with Gasteiger partial charge >= 0.3 is 0 Å². The Morgan fingerprint density at radius 2 is 1.85 bits per heavy atom. The number of nitrogens with two attached hydrogens (primary N) is 1. The molecule has 5 nitrogen and oxygen atoms in total. The van der Waals surface area contributed by atoms with E-state index in [2.05, 4.69) is 53.1 Å². The molecule has 5 heteroatoms. The van der Waals surface area contributed by atoms with Crippen LogP contribution in [0.15, 0.2) is 30.6 Å². The third-order valence-electron chi connectivity index (χ3n) is 3.38. The summed E-state index contributed by atoms with van der Waals surface area (Å²) in [5, 5.41) is 4.24. The zero-order chi connectivity index (χ0) is 14.7. The Bertz CT molecular complexity index is 542. The third kappa shape index (κ3) is 3.17. The van der Waals surface area contributed by atoms with E-state index in [1.807, 2.05) is 18.8 Å². The van der Waals surface area contributed by atoms with Gasteiger partial charge in [-0.15, -0.1) is 0 Å². The van der Waals surface area contributed by atoms with Crippen LogP contribution in [0, 0.1) is 0 Å². The quantitative estimate of drug-likeness (QED) is 0.907. The van der Waals surface area contributed by atoms with Gasteiger partial charge < -0.3 is 10.6 Å². The van der Waals surface area contributed by atoms with Gasteiger partial charge in [-0.1, -0.05) is 12.1 Å². The molecule has 1 atom stereocenters. The largest absolute Gasteiger partial charge is 0.378 e. The molecular formula is C15H23N5. The molecule has 0 aliphatic rings. The molecule has 0 radical (unpaired) electrons. The molecule has 20 heavy (non-hydrogen) atoms. The summed E-state index contributed by atoms with van der Waals surface area (Å²) in [6, 6.07) is 8.57. The summed E-state index contributed by atoms with van der Waals surface area (Å²) in [5.74, 6) is 0.934. The SMILES string of the molecule is CC(C)n1ncnc1CC(N)c1ccc(N(C)C)cc1. The second-order valence-corrected chi connectivity index (χ2v) is 5.51. The van der Waals surface area contributed by atoms with Crippen LogP contribution in [0.1, 0.15) is 37.3 Å². The molecule has 0 saturated carbocycles. The average molecular weight is 273 g/mol. The van der Waals surface area contributed by atoms with E-state index in [9.17, 15) is 0 Å². The van der Waals surface area contributed by atoms with Gasteiger partial charge in [0.1, 0.15) is 12.2 Å². The molecule has 1 unspecified atom stereocenters. The maximum Gasteiger partial charge on any atom is 0.138 e. The van der Waals surface area contributed by atoms with Crippen molar-refractivity contribution in [2.24, 2.45) is 5.73 Å². The number of hydrogen-bond donors (Lipinski definition) is 1. The molecule has 1 heterocycles. The van der Waals surface area contributed by atoms with E-state index in [1.165, 1.54) is 5.69 Å². The van der Waals surface area contributed by atoms with Gasteiger partial charge in [0.15, 0.2) is 0 Å². The molecule has 1 aromatic heterocycles. The average Bonchev–Trinajstić information content (AvgIpc) is 2.87. The monoisotopic (exact) mass is 273 g/mol. The summed E-state index contributed by atoms with van der Waals surface area (Å²) in [6.45, 7) is 4.19. The molecule has 0 saturated heterocycles. The van der Waals surface area contributed by atoms with Crippen LogP contribution in [0.25, 0.3) is 0 Å². The fourth-order valence-electron chi connectivity index (χ4n) is 2.19. The highest BCUT2D eigenvalue weighted by Gasteiger charge is 2.13. The minimum Gasteiger partial charge on any atom is -0.378 e. The van der Waals surface area contributed by atoms with E-state index in [0.29, 0.717) is 12.5 Å². The summed E-state index contributed by atoms with van der Waals surface area (Å²) in [7, 11) is 4.06. The summed E-state index contributed by atoms with van der Waals surface area (Å²) in [6.07, 6.45) is 2.29. The molecular weight excluding hydrogens is 250 g/mol. The summed E-state index contributed by atoms with van der Waals surface area (Å²) >= 11 is 0. The van der Waals surface area contributed by atoms with E-state index in [1.54, 1.807) is 6.33 Å². The maximum absolute atomic E-state index is 6.29. The van der Waals surface area contributed by atoms with E-state index < -0.39 is 0 Å². The lowest BCUT2D eigenvalue weighted by Gasteiger charge is -2.16. The molecule has 2 aromatic rings. The zero-order valence-corrected chi connectivity index (χ0v) is 12.6. The molecule has 0 bridgehead atoms. The molecule has 2 N–H and O–H groups in total. The predicted molar refractivity (Wildman–Crippen MR) is 81.8 cm³/mol. The Balaban J connectivity index is 2.11. The third-order valence-corrected chi connectivity index (χ3v) is 3.38. The maximum atomic E-state index is 6.29. The first kappa shape index (κ1) is 14.5. The summed E-state index contributed by atoms with van der Waals surface area (Å²) in [5.41, 5.74) is 8.58. The van der Waals surface area contributed by atoms with Crippen LogP contribution < -0.4 is 10.6 Å². The lowest BCUT2D eigenvalue weighted by molar-refractivity contribution is 0.493. The van der Waals surface area contributed by atoms with Gasteiger partial charge in [0.2, 0.25) is 0 Å². The van der Waals surface area contributed by atoms with Gasteiger partial charge in [-0.25, -0.2) is 9.67 Å². The highest BCUT2D eigenvalue weighted by molar-refractivity contribution is 5.46. The van der Waals surface area contributed by atoms with Gasteiger partial charge in [-0.3, -0.25) is 0 Å². The minimum atomic E-state index is -0.0621. The first-order valence-corrected chi connectivity index (χ1v) is 6.90. The first-order chi connectivity index (χ1) is 9.49. The van der Waals surface area contributed by atoms with Crippen LogP contribution >= 0.6 is 0 Å². The summed E-state index contributed by atoms with van der Waals surface area (Å²) < 4.78 is 1.92. The van der Waals surface area contributed by atoms with Crippen LogP contribution in [-0.2, 0) is 6.42 Å². The highest BCUT2D eigenvalue weighted by Crippen LogP contribution is 2.19. The Labute approximate surface area is 120 Å². The summed E-state index contributed by atoms with van der Waals surface area (Å²) in [4.78, 5) is 6.39. The number of benzene rings is 1. The topological polar surface area (TPSA) is 60.0 Å². The van der Waals surface area contributed by atoms with Crippen LogP contribution in [0.3, 0.4) is 0 Å². The normalized spacial score (nSPS) is 12.7.